The van der Waals surface area contributed by atoms with Crippen LogP contribution in [0.3, 0.4) is 0 Å². The van der Waals surface area contributed by atoms with Crippen molar-refractivity contribution in [3.63, 3.8) is 0 Å². The summed E-state index contributed by atoms with van der Waals surface area (Å²) in [6.07, 6.45) is 2.25. The van der Waals surface area contributed by atoms with Crippen LogP contribution in [0, 0.1) is 13.8 Å². The standard InChI is InChI=1S/C18H18N2O4/c1-9-11(6-7-16(22)23)10(2)19-14(9)8-13-12-4-3-5-15(21)17(12)20-18(13)24/h3-5,8,19,21H,6-7H2,1-2H3,(H,20,24)(H,22,23)/b13-8+. The number of para-hydroxylation sites is 1. The molecule has 2 aromatic rings. The van der Waals surface area contributed by atoms with Crippen LogP contribution < -0.4 is 5.32 Å². The van der Waals surface area contributed by atoms with Crippen molar-refractivity contribution in [2.75, 3.05) is 5.32 Å². The van der Waals surface area contributed by atoms with E-state index in [4.69, 9.17) is 5.11 Å². The molecule has 1 aromatic carbocycles. The quantitative estimate of drug-likeness (QED) is 0.512. The van der Waals surface area contributed by atoms with Crippen LogP contribution in [0.5, 0.6) is 5.75 Å². The molecular formula is C18H18N2O4. The smallest absolute Gasteiger partial charge is 0.303 e. The van der Waals surface area contributed by atoms with Crippen molar-refractivity contribution in [3.8, 4) is 5.75 Å². The Kier molecular flexibility index (Phi) is 3.89. The second-order valence-corrected chi connectivity index (χ2v) is 5.87. The number of aliphatic carboxylic acids is 1. The van der Waals surface area contributed by atoms with Crippen LogP contribution in [-0.4, -0.2) is 27.1 Å². The molecule has 0 spiro atoms. The Morgan fingerprint density at radius 1 is 1.29 bits per heavy atom. The van der Waals surface area contributed by atoms with Crippen molar-refractivity contribution in [2.45, 2.75) is 26.7 Å². The summed E-state index contributed by atoms with van der Waals surface area (Å²) in [4.78, 5) is 26.2. The number of hydrogen-bond acceptors (Lipinski definition) is 3. The Morgan fingerprint density at radius 2 is 2.04 bits per heavy atom. The van der Waals surface area contributed by atoms with Crippen LogP contribution in [0.1, 0.15) is 34.5 Å². The summed E-state index contributed by atoms with van der Waals surface area (Å²) in [6, 6.07) is 4.98. The van der Waals surface area contributed by atoms with Gasteiger partial charge >= 0.3 is 5.97 Å². The van der Waals surface area contributed by atoms with Crippen LogP contribution in [0.2, 0.25) is 0 Å². The van der Waals surface area contributed by atoms with Crippen molar-refractivity contribution in [1.82, 2.24) is 4.98 Å². The summed E-state index contributed by atoms with van der Waals surface area (Å²) in [5.74, 6) is -1.08. The molecule has 0 unspecified atom stereocenters. The van der Waals surface area contributed by atoms with Gasteiger partial charge in [0.25, 0.3) is 5.91 Å². The van der Waals surface area contributed by atoms with E-state index in [0.29, 0.717) is 23.2 Å². The zero-order valence-corrected chi connectivity index (χ0v) is 13.4. The number of phenols is 1. The number of anilines is 1. The van der Waals surface area contributed by atoms with Gasteiger partial charge < -0.3 is 20.5 Å². The third-order valence-corrected chi connectivity index (χ3v) is 4.32. The maximum absolute atomic E-state index is 12.2. The Morgan fingerprint density at radius 3 is 2.75 bits per heavy atom. The van der Waals surface area contributed by atoms with E-state index in [1.807, 2.05) is 13.8 Å². The molecule has 0 radical (unpaired) electrons. The topological polar surface area (TPSA) is 102 Å². The molecule has 0 bridgehead atoms. The number of carbonyl (C=O) groups is 2. The van der Waals surface area contributed by atoms with E-state index in [9.17, 15) is 14.7 Å². The monoisotopic (exact) mass is 326 g/mol. The average Bonchev–Trinajstić information content (AvgIpc) is 2.97. The number of amides is 1. The van der Waals surface area contributed by atoms with Crippen molar-refractivity contribution >= 4 is 29.2 Å². The maximum atomic E-state index is 12.2. The highest BCUT2D eigenvalue weighted by Gasteiger charge is 2.27. The SMILES string of the molecule is Cc1[nH]c(/C=C2/C(=O)Nc3c(O)cccc32)c(C)c1CCC(=O)O. The number of carboxylic acids is 1. The molecule has 0 atom stereocenters. The molecule has 124 valence electrons. The zero-order chi connectivity index (χ0) is 17.4. The van der Waals surface area contributed by atoms with Gasteiger partial charge in [-0.3, -0.25) is 9.59 Å². The molecule has 2 heterocycles. The van der Waals surface area contributed by atoms with E-state index in [0.717, 1.165) is 22.5 Å². The lowest BCUT2D eigenvalue weighted by atomic mass is 10.0. The molecule has 1 aliphatic heterocycles. The molecule has 0 fully saturated rings. The molecular weight excluding hydrogens is 308 g/mol. The molecule has 6 nitrogen and oxygen atoms in total. The van der Waals surface area contributed by atoms with Crippen LogP contribution in [-0.2, 0) is 16.0 Å². The van der Waals surface area contributed by atoms with Gasteiger partial charge in [0.05, 0.1) is 11.3 Å². The number of carboxylic acid groups (broad SMARTS) is 1. The predicted molar refractivity (Wildman–Crippen MR) is 90.8 cm³/mol. The van der Waals surface area contributed by atoms with E-state index < -0.39 is 5.97 Å². The molecule has 1 aromatic heterocycles. The van der Waals surface area contributed by atoms with E-state index in [-0.39, 0.29) is 18.1 Å². The van der Waals surface area contributed by atoms with Crippen LogP contribution >= 0.6 is 0 Å². The molecule has 6 heteroatoms. The van der Waals surface area contributed by atoms with E-state index in [1.54, 1.807) is 18.2 Å². The second kappa shape index (κ2) is 5.88. The van der Waals surface area contributed by atoms with Crippen LogP contribution in [0.25, 0.3) is 11.6 Å². The lowest BCUT2D eigenvalue weighted by molar-refractivity contribution is -0.137. The van der Waals surface area contributed by atoms with Crippen LogP contribution in [0.15, 0.2) is 18.2 Å². The first-order chi connectivity index (χ1) is 11.4. The highest BCUT2D eigenvalue weighted by molar-refractivity contribution is 6.35. The number of benzene rings is 1. The minimum absolute atomic E-state index is 0.0331. The van der Waals surface area contributed by atoms with Crippen molar-refractivity contribution in [3.05, 3.63) is 46.3 Å². The molecule has 24 heavy (non-hydrogen) atoms. The van der Waals surface area contributed by atoms with E-state index >= 15 is 0 Å². The maximum Gasteiger partial charge on any atom is 0.303 e. The van der Waals surface area contributed by atoms with Gasteiger partial charge in [0.2, 0.25) is 0 Å². The normalized spacial score (nSPS) is 14.8. The van der Waals surface area contributed by atoms with Crippen molar-refractivity contribution in [1.29, 1.82) is 0 Å². The first-order valence-corrected chi connectivity index (χ1v) is 7.63. The van der Waals surface area contributed by atoms with Crippen LogP contribution in [0.4, 0.5) is 5.69 Å². The number of hydrogen-bond donors (Lipinski definition) is 4. The zero-order valence-electron chi connectivity index (χ0n) is 13.4. The minimum atomic E-state index is -0.838. The highest BCUT2D eigenvalue weighted by atomic mass is 16.4. The van der Waals surface area contributed by atoms with Gasteiger partial charge in [-0.2, -0.15) is 0 Å². The lowest BCUT2D eigenvalue weighted by Crippen LogP contribution is -2.03. The predicted octanol–water partition coefficient (Wildman–Crippen LogP) is 2.85. The number of carbonyl (C=O) groups excluding carboxylic acids is 1. The Balaban J connectivity index is 2.01. The summed E-state index contributed by atoms with van der Waals surface area (Å²) in [5, 5.41) is 21.4. The van der Waals surface area contributed by atoms with Gasteiger partial charge in [0.1, 0.15) is 5.75 Å². The van der Waals surface area contributed by atoms with Gasteiger partial charge in [-0.25, -0.2) is 0 Å². The van der Waals surface area contributed by atoms with E-state index in [1.165, 1.54) is 6.07 Å². The number of phenolic OH excluding ortho intramolecular Hbond substituents is 1. The number of nitrogens with one attached hydrogen (secondary N) is 2. The summed E-state index contributed by atoms with van der Waals surface area (Å²) in [6.45, 7) is 3.80. The van der Waals surface area contributed by atoms with Crippen molar-refractivity contribution < 1.29 is 19.8 Å². The fourth-order valence-corrected chi connectivity index (χ4v) is 3.05. The minimum Gasteiger partial charge on any atom is -0.506 e. The fourth-order valence-electron chi connectivity index (χ4n) is 3.05. The number of rotatable bonds is 4. The van der Waals surface area contributed by atoms with Gasteiger partial charge in [-0.05, 0) is 43.5 Å². The van der Waals surface area contributed by atoms with Gasteiger partial charge in [0, 0.05) is 23.4 Å². The number of aromatic hydroxyl groups is 1. The summed E-state index contributed by atoms with van der Waals surface area (Å²) >= 11 is 0. The highest BCUT2D eigenvalue weighted by Crippen LogP contribution is 2.39. The third-order valence-electron chi connectivity index (χ3n) is 4.32. The number of fused-ring (bicyclic) bond motifs is 1. The molecule has 1 amide bonds. The number of aromatic amines is 1. The summed E-state index contributed by atoms with van der Waals surface area (Å²) < 4.78 is 0. The molecule has 0 aliphatic carbocycles. The Labute approximate surface area is 138 Å². The number of H-pyrrole nitrogens is 1. The first-order valence-electron chi connectivity index (χ1n) is 7.63. The molecule has 0 saturated heterocycles. The average molecular weight is 326 g/mol. The summed E-state index contributed by atoms with van der Waals surface area (Å²) in [7, 11) is 0. The number of aryl methyl sites for hydroxylation is 1. The van der Waals surface area contributed by atoms with E-state index in [2.05, 4.69) is 10.3 Å². The molecule has 3 rings (SSSR count). The van der Waals surface area contributed by atoms with Crippen molar-refractivity contribution in [2.24, 2.45) is 0 Å². The molecule has 1 aliphatic rings. The second-order valence-electron chi connectivity index (χ2n) is 5.87. The first kappa shape index (κ1) is 15.9. The van der Waals surface area contributed by atoms with Gasteiger partial charge in [0.15, 0.2) is 0 Å². The fraction of sp³-hybridized carbons (Fsp3) is 0.222. The molecule has 4 N–H and O–H groups in total. The number of aromatic nitrogens is 1. The largest absolute Gasteiger partial charge is 0.506 e. The Bertz CT molecular complexity index is 877. The third kappa shape index (κ3) is 2.67. The molecule has 0 saturated carbocycles. The Hall–Kier alpha value is -3.02. The van der Waals surface area contributed by atoms with Gasteiger partial charge in [-0.1, -0.05) is 12.1 Å². The summed E-state index contributed by atoms with van der Waals surface area (Å²) in [5.41, 5.74) is 5.10. The van der Waals surface area contributed by atoms with Gasteiger partial charge in [-0.15, -0.1) is 0 Å². The lowest BCUT2D eigenvalue weighted by Gasteiger charge is -2.01.